The van der Waals surface area contributed by atoms with Crippen LogP contribution in [0.25, 0.3) is 0 Å². The third-order valence-corrected chi connectivity index (χ3v) is 8.14. The number of carbonyl (C=O) groups is 1. The summed E-state index contributed by atoms with van der Waals surface area (Å²) in [4.78, 5) is 12.5. The molecule has 0 unspecified atom stereocenters. The maximum atomic E-state index is 13.4. The highest BCUT2D eigenvalue weighted by Gasteiger charge is 2.22. The van der Waals surface area contributed by atoms with Crippen LogP contribution in [-0.4, -0.2) is 38.7 Å². The molecule has 3 aromatic carbocycles. The number of halogens is 1. The summed E-state index contributed by atoms with van der Waals surface area (Å²) in [5.41, 5.74) is 1.65. The molecule has 9 nitrogen and oxygen atoms in total. The lowest BCUT2D eigenvalue weighted by Crippen LogP contribution is -2.12. The van der Waals surface area contributed by atoms with Gasteiger partial charge < -0.3 is 19.5 Å². The fraction of sp³-hybridized carbons (Fsp3) is 0.160. The molecule has 1 N–H and O–H groups in total. The molecule has 0 aliphatic heterocycles. The molecule has 0 saturated heterocycles. The van der Waals surface area contributed by atoms with Gasteiger partial charge in [-0.25, -0.2) is 12.8 Å². The van der Waals surface area contributed by atoms with Gasteiger partial charge >= 0.3 is 5.19 Å². The third kappa shape index (κ3) is 6.22. The summed E-state index contributed by atoms with van der Waals surface area (Å²) >= 11 is 0.793. The first kappa shape index (κ1) is 26.0. The van der Waals surface area contributed by atoms with Crippen LogP contribution in [0.1, 0.15) is 21.5 Å². The van der Waals surface area contributed by atoms with Crippen molar-refractivity contribution >= 4 is 32.8 Å². The van der Waals surface area contributed by atoms with Gasteiger partial charge in [0.05, 0.1) is 20.0 Å². The average Bonchev–Trinajstić information content (AvgIpc) is 3.36. The molecule has 0 spiro atoms. The fourth-order valence-corrected chi connectivity index (χ4v) is 5.57. The minimum absolute atomic E-state index is 0.0499. The molecule has 4 aromatic rings. The number of aromatic nitrogens is 2. The van der Waals surface area contributed by atoms with Crippen LogP contribution in [0.3, 0.4) is 0 Å². The van der Waals surface area contributed by atoms with Gasteiger partial charge in [-0.05, 0) is 71.9 Å². The van der Waals surface area contributed by atoms with Crippen LogP contribution in [0.5, 0.6) is 22.4 Å². The Morgan fingerprint density at radius 3 is 2.38 bits per heavy atom. The van der Waals surface area contributed by atoms with E-state index >= 15 is 0 Å². The fourth-order valence-electron chi connectivity index (χ4n) is 3.30. The number of sulfone groups is 1. The van der Waals surface area contributed by atoms with Crippen LogP contribution in [0.4, 0.5) is 10.1 Å². The number of hydrogen-bond acceptors (Lipinski definition) is 9. The average molecular weight is 544 g/mol. The molecule has 0 aliphatic carbocycles. The van der Waals surface area contributed by atoms with Gasteiger partial charge in [-0.15, -0.1) is 5.10 Å². The molecule has 4 rings (SSSR count). The number of carbonyl (C=O) groups excluding carboxylic acids is 1. The van der Waals surface area contributed by atoms with Gasteiger partial charge in [0, 0.05) is 17.3 Å². The molecule has 1 aromatic heterocycles. The molecule has 0 atom stereocenters. The Balaban J connectivity index is 1.41. The second-order valence-electron chi connectivity index (χ2n) is 7.83. The van der Waals surface area contributed by atoms with Gasteiger partial charge in [0.25, 0.3) is 5.91 Å². The van der Waals surface area contributed by atoms with Gasteiger partial charge in [0.2, 0.25) is 14.2 Å². The van der Waals surface area contributed by atoms with E-state index < -0.39 is 15.7 Å². The molecule has 1 amide bonds. The summed E-state index contributed by atoms with van der Waals surface area (Å²) in [6, 6.07) is 15.3. The minimum atomic E-state index is -3.81. The van der Waals surface area contributed by atoms with E-state index in [0.29, 0.717) is 39.6 Å². The molecule has 37 heavy (non-hydrogen) atoms. The van der Waals surface area contributed by atoms with Crippen LogP contribution in [0.2, 0.25) is 0 Å². The molecule has 1 heterocycles. The normalized spacial score (nSPS) is 11.1. The molecule has 192 valence electrons. The summed E-state index contributed by atoms with van der Waals surface area (Å²) < 4.78 is 55.0. The van der Waals surface area contributed by atoms with Crippen molar-refractivity contribution in [2.75, 3.05) is 19.5 Å². The molecule has 0 fully saturated rings. The topological polar surface area (TPSA) is 117 Å². The summed E-state index contributed by atoms with van der Waals surface area (Å²) in [6.07, 6.45) is 0. The van der Waals surface area contributed by atoms with Crippen molar-refractivity contribution in [2.45, 2.75) is 17.0 Å². The highest BCUT2D eigenvalue weighted by molar-refractivity contribution is 7.92. The van der Waals surface area contributed by atoms with Gasteiger partial charge in [-0.1, -0.05) is 17.2 Å². The third-order valence-electron chi connectivity index (χ3n) is 5.20. The van der Waals surface area contributed by atoms with Gasteiger partial charge in [0.1, 0.15) is 11.6 Å². The van der Waals surface area contributed by atoms with Crippen LogP contribution >= 0.6 is 11.3 Å². The summed E-state index contributed by atoms with van der Waals surface area (Å²) in [7, 11) is -0.815. The van der Waals surface area contributed by atoms with E-state index in [2.05, 4.69) is 15.5 Å². The number of nitrogens with one attached hydrogen (secondary N) is 1. The first-order valence-corrected chi connectivity index (χ1v) is 13.3. The second-order valence-corrected chi connectivity index (χ2v) is 10.9. The monoisotopic (exact) mass is 543 g/mol. The van der Waals surface area contributed by atoms with E-state index in [-0.39, 0.29) is 21.1 Å². The van der Waals surface area contributed by atoms with Gasteiger partial charge in [0.15, 0.2) is 11.5 Å². The number of nitrogens with zero attached hydrogens (tertiary/aromatic N) is 2. The Kier molecular flexibility index (Phi) is 7.69. The number of benzene rings is 3. The lowest BCUT2D eigenvalue weighted by atomic mass is 10.1. The Bertz CT molecular complexity index is 1540. The Morgan fingerprint density at radius 1 is 0.973 bits per heavy atom. The van der Waals surface area contributed by atoms with E-state index in [1.165, 1.54) is 44.6 Å². The second kappa shape index (κ2) is 10.9. The van der Waals surface area contributed by atoms with Crippen molar-refractivity contribution in [3.63, 3.8) is 0 Å². The van der Waals surface area contributed by atoms with E-state index in [1.54, 1.807) is 37.3 Å². The van der Waals surface area contributed by atoms with Crippen LogP contribution in [0.15, 0.2) is 65.0 Å². The smallest absolute Gasteiger partial charge is 0.300 e. The van der Waals surface area contributed by atoms with E-state index in [4.69, 9.17) is 14.2 Å². The van der Waals surface area contributed by atoms with Crippen molar-refractivity contribution in [3.05, 3.63) is 83.2 Å². The predicted molar refractivity (Wildman–Crippen MR) is 136 cm³/mol. The number of hydrogen-bond donors (Lipinski definition) is 1. The molecule has 0 radical (unpaired) electrons. The molecular formula is C25H22FN3O6S2. The molecule has 0 bridgehead atoms. The number of ether oxygens (including phenoxy) is 3. The molecular weight excluding hydrogens is 521 g/mol. The van der Waals surface area contributed by atoms with E-state index in [0.717, 1.165) is 11.3 Å². The lowest BCUT2D eigenvalue weighted by molar-refractivity contribution is 0.102. The van der Waals surface area contributed by atoms with E-state index in [1.807, 2.05) is 0 Å². The highest BCUT2D eigenvalue weighted by Crippen LogP contribution is 2.34. The quantitative estimate of drug-likeness (QED) is 0.313. The largest absolute Gasteiger partial charge is 0.493 e. The minimum Gasteiger partial charge on any atom is -0.493 e. The molecule has 0 aliphatic rings. The maximum absolute atomic E-state index is 13.4. The zero-order valence-corrected chi connectivity index (χ0v) is 21.7. The Labute approximate surface area is 216 Å². The van der Waals surface area contributed by atoms with Crippen molar-refractivity contribution in [1.82, 2.24) is 10.2 Å². The zero-order chi connectivity index (χ0) is 26.6. The molecule has 12 heteroatoms. The predicted octanol–water partition coefficient (Wildman–Crippen LogP) is 5.02. The van der Waals surface area contributed by atoms with E-state index in [9.17, 15) is 17.6 Å². The number of aryl methyl sites for hydroxylation is 1. The number of rotatable bonds is 9. The van der Waals surface area contributed by atoms with Crippen LogP contribution < -0.4 is 19.5 Å². The number of methoxy groups -OCH3 is 2. The zero-order valence-electron chi connectivity index (χ0n) is 20.0. The van der Waals surface area contributed by atoms with Crippen molar-refractivity contribution in [3.8, 4) is 22.4 Å². The SMILES string of the molecule is COc1ccc(Oc2nnc(S(=O)(=O)Cc3ccc(C(=O)Nc4ccc(F)c(C)c4)cc3)s2)cc1OC. The maximum Gasteiger partial charge on any atom is 0.300 e. The van der Waals surface area contributed by atoms with Crippen LogP contribution in [-0.2, 0) is 15.6 Å². The first-order valence-electron chi connectivity index (χ1n) is 10.8. The molecule has 0 saturated carbocycles. The Hall–Kier alpha value is -4.03. The van der Waals surface area contributed by atoms with Crippen molar-refractivity contribution in [2.24, 2.45) is 0 Å². The van der Waals surface area contributed by atoms with Crippen molar-refractivity contribution < 1.29 is 31.8 Å². The Morgan fingerprint density at radius 2 is 1.70 bits per heavy atom. The van der Waals surface area contributed by atoms with Crippen LogP contribution in [0, 0.1) is 12.7 Å². The number of amides is 1. The summed E-state index contributed by atoms with van der Waals surface area (Å²) in [6.45, 7) is 1.60. The number of anilines is 1. The van der Waals surface area contributed by atoms with Gasteiger partial charge in [-0.2, -0.15) is 0 Å². The summed E-state index contributed by atoms with van der Waals surface area (Å²) in [5.74, 6) is 0.242. The lowest BCUT2D eigenvalue weighted by Gasteiger charge is -2.08. The summed E-state index contributed by atoms with van der Waals surface area (Å²) in [5, 5.41) is 10.3. The standard InChI is InChI=1S/C25H22FN3O6S2/c1-15-12-18(8-10-20(15)26)27-23(30)17-6-4-16(5-7-17)14-37(31,32)25-29-28-24(36-25)35-19-9-11-21(33-2)22(13-19)34-3/h4-13H,14H2,1-3H3,(H,27,30). The van der Waals surface area contributed by atoms with Crippen molar-refractivity contribution in [1.29, 1.82) is 0 Å². The first-order chi connectivity index (χ1) is 17.7. The van der Waals surface area contributed by atoms with Gasteiger partial charge in [-0.3, -0.25) is 4.79 Å². The highest BCUT2D eigenvalue weighted by atomic mass is 32.2.